The van der Waals surface area contributed by atoms with Gasteiger partial charge >= 0.3 is 0 Å². The number of benzene rings is 1. The number of carbonyl (C=O) groups is 2. The summed E-state index contributed by atoms with van der Waals surface area (Å²) in [5, 5.41) is 3.37. The highest BCUT2D eigenvalue weighted by atomic mass is 35.5. The van der Waals surface area contributed by atoms with Crippen molar-refractivity contribution in [1.82, 2.24) is 10.2 Å². The van der Waals surface area contributed by atoms with Crippen LogP contribution in [0.25, 0.3) is 0 Å². The molecule has 2 rings (SSSR count). The molecule has 1 N–H and O–H groups in total. The van der Waals surface area contributed by atoms with Crippen LogP contribution in [0.15, 0.2) is 24.3 Å². The highest BCUT2D eigenvalue weighted by Crippen LogP contribution is 2.15. The number of carbonyl (C=O) groups excluding carboxylic acids is 2. The molecule has 5 heteroatoms. The fourth-order valence-electron chi connectivity index (χ4n) is 2.06. The first-order valence-corrected chi connectivity index (χ1v) is 6.22. The minimum atomic E-state index is -0.153. The third-order valence-electron chi connectivity index (χ3n) is 3.06. The lowest BCUT2D eigenvalue weighted by molar-refractivity contribution is -0.126. The Balaban J connectivity index is 1.87. The lowest BCUT2D eigenvalue weighted by atomic mass is 10.1. The van der Waals surface area contributed by atoms with E-state index in [1.165, 1.54) is 0 Å². The topological polar surface area (TPSA) is 49.4 Å². The van der Waals surface area contributed by atoms with Crippen LogP contribution in [-0.2, 0) is 4.79 Å². The zero-order chi connectivity index (χ0) is 13.1. The summed E-state index contributed by atoms with van der Waals surface area (Å²) < 4.78 is 0. The summed E-state index contributed by atoms with van der Waals surface area (Å²) in [6.45, 7) is 1.22. The molecular formula is C13H15ClN2O2. The van der Waals surface area contributed by atoms with Gasteiger partial charge in [0, 0.05) is 43.1 Å². The number of nitrogens with one attached hydrogen (secondary N) is 1. The number of halogens is 1. The summed E-state index contributed by atoms with van der Waals surface area (Å²) in [6, 6.07) is 6.81. The van der Waals surface area contributed by atoms with Gasteiger partial charge in [0.15, 0.2) is 0 Å². The fraction of sp³-hybridized carbons (Fsp3) is 0.385. The maximum absolute atomic E-state index is 11.8. The summed E-state index contributed by atoms with van der Waals surface area (Å²) in [5.74, 6) is 0.183. The Hall–Kier alpha value is -1.55. The van der Waals surface area contributed by atoms with Crippen LogP contribution >= 0.6 is 11.6 Å². The maximum atomic E-state index is 11.8. The van der Waals surface area contributed by atoms with E-state index >= 15 is 0 Å². The second kappa shape index (κ2) is 5.40. The predicted molar refractivity (Wildman–Crippen MR) is 69.5 cm³/mol. The van der Waals surface area contributed by atoms with Crippen LogP contribution in [0.1, 0.15) is 16.8 Å². The Kier molecular flexibility index (Phi) is 3.87. The third kappa shape index (κ3) is 3.01. The van der Waals surface area contributed by atoms with Gasteiger partial charge in [-0.3, -0.25) is 9.59 Å². The molecule has 0 aromatic heterocycles. The van der Waals surface area contributed by atoms with Crippen molar-refractivity contribution in [3.63, 3.8) is 0 Å². The van der Waals surface area contributed by atoms with Gasteiger partial charge in [0.25, 0.3) is 5.91 Å². The SMILES string of the molecule is CN1CC(CNC(=O)c2cccc(Cl)c2)CC1=O. The monoisotopic (exact) mass is 266 g/mol. The van der Waals surface area contributed by atoms with Crippen LogP contribution in [0, 0.1) is 5.92 Å². The molecule has 2 amide bonds. The molecule has 18 heavy (non-hydrogen) atoms. The molecule has 4 nitrogen and oxygen atoms in total. The van der Waals surface area contributed by atoms with Gasteiger partial charge in [0.2, 0.25) is 5.91 Å². The molecule has 1 aliphatic rings. The summed E-state index contributed by atoms with van der Waals surface area (Å²) in [4.78, 5) is 24.9. The minimum Gasteiger partial charge on any atom is -0.352 e. The molecular weight excluding hydrogens is 252 g/mol. The number of nitrogens with zero attached hydrogens (tertiary/aromatic N) is 1. The lowest BCUT2D eigenvalue weighted by Crippen LogP contribution is -2.30. The van der Waals surface area contributed by atoms with Gasteiger partial charge in [-0.25, -0.2) is 0 Å². The lowest BCUT2D eigenvalue weighted by Gasteiger charge is -2.11. The Morgan fingerprint density at radius 1 is 1.56 bits per heavy atom. The van der Waals surface area contributed by atoms with Gasteiger partial charge in [-0.05, 0) is 18.2 Å². The predicted octanol–water partition coefficient (Wildman–Crippen LogP) is 1.55. The van der Waals surface area contributed by atoms with E-state index in [0.29, 0.717) is 30.1 Å². The highest BCUT2D eigenvalue weighted by Gasteiger charge is 2.26. The Morgan fingerprint density at radius 3 is 2.94 bits per heavy atom. The molecule has 0 spiro atoms. The molecule has 1 saturated heterocycles. The molecule has 96 valence electrons. The normalized spacial score (nSPS) is 19.1. The maximum Gasteiger partial charge on any atom is 0.251 e. The minimum absolute atomic E-state index is 0.136. The summed E-state index contributed by atoms with van der Waals surface area (Å²) >= 11 is 5.82. The molecule has 1 unspecified atom stereocenters. The van der Waals surface area contributed by atoms with Gasteiger partial charge in [-0.2, -0.15) is 0 Å². The summed E-state index contributed by atoms with van der Waals surface area (Å²) in [6.07, 6.45) is 0.506. The van der Waals surface area contributed by atoms with Crippen LogP contribution < -0.4 is 5.32 Å². The molecule has 1 aliphatic heterocycles. The highest BCUT2D eigenvalue weighted by molar-refractivity contribution is 6.30. The van der Waals surface area contributed by atoms with Crippen LogP contribution in [-0.4, -0.2) is 36.9 Å². The third-order valence-corrected chi connectivity index (χ3v) is 3.29. The van der Waals surface area contributed by atoms with E-state index in [9.17, 15) is 9.59 Å². The first-order valence-electron chi connectivity index (χ1n) is 5.84. The Bertz CT molecular complexity index is 476. The molecule has 1 fully saturated rings. The Morgan fingerprint density at radius 2 is 2.33 bits per heavy atom. The van der Waals surface area contributed by atoms with Crippen molar-refractivity contribution < 1.29 is 9.59 Å². The number of rotatable bonds is 3. The van der Waals surface area contributed by atoms with Crippen molar-refractivity contribution in [3.8, 4) is 0 Å². The number of hydrogen-bond acceptors (Lipinski definition) is 2. The summed E-state index contributed by atoms with van der Waals surface area (Å²) in [5.41, 5.74) is 0.542. The number of hydrogen-bond donors (Lipinski definition) is 1. The van der Waals surface area contributed by atoms with Crippen molar-refractivity contribution in [3.05, 3.63) is 34.9 Å². The van der Waals surface area contributed by atoms with Crippen LogP contribution in [0.4, 0.5) is 0 Å². The van der Waals surface area contributed by atoms with Crippen molar-refractivity contribution in [2.45, 2.75) is 6.42 Å². The Labute approximate surface area is 111 Å². The molecule has 0 bridgehead atoms. The number of amides is 2. The standard InChI is InChI=1S/C13H15ClN2O2/c1-16-8-9(5-12(16)17)7-15-13(18)10-3-2-4-11(14)6-10/h2-4,6,9H,5,7-8H2,1H3,(H,15,18). The largest absolute Gasteiger partial charge is 0.352 e. The molecule has 0 saturated carbocycles. The van der Waals surface area contributed by atoms with Gasteiger partial charge in [-0.1, -0.05) is 17.7 Å². The molecule has 1 aromatic rings. The molecule has 0 aliphatic carbocycles. The van der Waals surface area contributed by atoms with E-state index in [1.807, 2.05) is 0 Å². The summed E-state index contributed by atoms with van der Waals surface area (Å²) in [7, 11) is 1.78. The number of likely N-dealkylation sites (tertiary alicyclic amines) is 1. The van der Waals surface area contributed by atoms with Gasteiger partial charge < -0.3 is 10.2 Å². The van der Waals surface area contributed by atoms with E-state index in [0.717, 1.165) is 0 Å². The van der Waals surface area contributed by atoms with E-state index < -0.39 is 0 Å². The van der Waals surface area contributed by atoms with Crippen LogP contribution in [0.2, 0.25) is 5.02 Å². The zero-order valence-corrected chi connectivity index (χ0v) is 10.9. The molecule has 1 atom stereocenters. The fourth-order valence-corrected chi connectivity index (χ4v) is 2.25. The first-order chi connectivity index (χ1) is 8.56. The second-order valence-corrected chi connectivity index (χ2v) is 5.00. The van der Waals surface area contributed by atoms with Gasteiger partial charge in [0.05, 0.1) is 0 Å². The average Bonchev–Trinajstić information content (AvgIpc) is 2.66. The first kappa shape index (κ1) is 12.9. The van der Waals surface area contributed by atoms with Crippen LogP contribution in [0.5, 0.6) is 0 Å². The molecule has 1 heterocycles. The quantitative estimate of drug-likeness (QED) is 0.902. The van der Waals surface area contributed by atoms with E-state index in [4.69, 9.17) is 11.6 Å². The van der Waals surface area contributed by atoms with Crippen LogP contribution in [0.3, 0.4) is 0 Å². The van der Waals surface area contributed by atoms with E-state index in [2.05, 4.69) is 5.32 Å². The smallest absolute Gasteiger partial charge is 0.251 e. The van der Waals surface area contributed by atoms with Crippen molar-refractivity contribution in [2.75, 3.05) is 20.1 Å². The van der Waals surface area contributed by atoms with Gasteiger partial charge in [-0.15, -0.1) is 0 Å². The molecule has 1 aromatic carbocycles. The van der Waals surface area contributed by atoms with E-state index in [1.54, 1.807) is 36.2 Å². The van der Waals surface area contributed by atoms with Crippen molar-refractivity contribution >= 4 is 23.4 Å². The average molecular weight is 267 g/mol. The zero-order valence-electron chi connectivity index (χ0n) is 10.1. The van der Waals surface area contributed by atoms with Gasteiger partial charge in [0.1, 0.15) is 0 Å². The van der Waals surface area contributed by atoms with E-state index in [-0.39, 0.29) is 17.7 Å². The van der Waals surface area contributed by atoms with Crippen molar-refractivity contribution in [1.29, 1.82) is 0 Å². The second-order valence-electron chi connectivity index (χ2n) is 4.56. The van der Waals surface area contributed by atoms with Crippen molar-refractivity contribution in [2.24, 2.45) is 5.92 Å². The molecule has 0 radical (unpaired) electrons.